The Morgan fingerprint density at radius 1 is 0.402 bits per heavy atom. The van der Waals surface area contributed by atoms with E-state index < -0.39 is 86.8 Å². The predicted octanol–water partition coefficient (Wildman–Crippen LogP) is 16.8. The Hall–Kier alpha value is -2.31. The third-order valence-corrected chi connectivity index (χ3v) is 18.7. The molecule has 14 heteroatoms. The Bertz CT molecular complexity index is 1780. The Labute approximate surface area is 562 Å². The van der Waals surface area contributed by atoms with E-state index in [9.17, 15) is 45.6 Å². The molecule has 0 aromatic carbocycles. The first-order valence-electron chi connectivity index (χ1n) is 38.5. The molecule has 14 nitrogen and oxygen atoms in total. The van der Waals surface area contributed by atoms with E-state index in [1.165, 1.54) is 225 Å². The molecule has 2 aliphatic rings. The smallest absolute Gasteiger partial charge is 0.220 e. The van der Waals surface area contributed by atoms with Crippen LogP contribution in [0.1, 0.15) is 335 Å². The van der Waals surface area contributed by atoms with Crippen molar-refractivity contribution in [3.63, 3.8) is 0 Å². The molecular weight excluding hydrogens is 1160 g/mol. The van der Waals surface area contributed by atoms with Crippen molar-refractivity contribution >= 4 is 5.91 Å². The first-order valence-corrected chi connectivity index (χ1v) is 38.5. The third kappa shape index (κ3) is 45.2. The lowest BCUT2D eigenvalue weighted by molar-refractivity contribution is -0.359. The Kier molecular flexibility index (Phi) is 58.0. The SMILES string of the molecule is CC/C=C\C/C=C\C/C=C\C/C=C\C/C=C\CCCCCCCCCCCCCCCC(=O)NC(COC1OC(CO)C(OC2OC(CO)C(O)C(O)C2O)C(O)C1O)C(O)CCCCCCCCCCCCCCCCCCCCCCCCCCCCCCC. The summed E-state index contributed by atoms with van der Waals surface area (Å²) in [5.41, 5.74) is 0. The number of rotatable bonds is 64. The number of allylic oxidation sites excluding steroid dienone is 10. The Balaban J connectivity index is 1.63. The van der Waals surface area contributed by atoms with E-state index in [0.717, 1.165) is 83.5 Å². The number of unbranched alkanes of at least 4 members (excludes halogenated alkanes) is 41. The van der Waals surface area contributed by atoms with Crippen molar-refractivity contribution < 1.29 is 64.6 Å². The summed E-state index contributed by atoms with van der Waals surface area (Å²) in [6.07, 6.45) is 66.7. The standard InChI is InChI=1S/C78H143NO13/c1-3-5-7-9-11-13-15-17-19-21-23-25-27-29-31-33-35-37-39-41-43-45-47-49-51-53-55-57-59-61-67(82)66(65-89-77-75(88)73(86)76(69(64-81)91-77)92-78-74(87)72(85)71(84)68(63-80)90-78)79-70(83)62-60-58-56-54-52-50-48-46-44-42-40-38-36-34-32-30-28-26-24-22-20-18-16-14-12-10-8-6-4-2/h6,8,12,14,18,20,24,26,30,32,66-69,71-78,80-82,84-88H,3-5,7,9-11,13,15-17,19,21-23,25,27-29,31,33-65H2,1-2H3,(H,79,83)/b8-6-,14-12-,20-18-,26-24-,32-30-. The highest BCUT2D eigenvalue weighted by Crippen LogP contribution is 2.30. The molecule has 538 valence electrons. The molecule has 0 spiro atoms. The minimum Gasteiger partial charge on any atom is -0.394 e. The van der Waals surface area contributed by atoms with Crippen molar-refractivity contribution in [2.45, 2.75) is 408 Å². The van der Waals surface area contributed by atoms with Gasteiger partial charge in [-0.15, -0.1) is 0 Å². The van der Waals surface area contributed by atoms with Gasteiger partial charge in [-0.25, -0.2) is 0 Å². The van der Waals surface area contributed by atoms with Gasteiger partial charge in [0.05, 0.1) is 32.0 Å². The van der Waals surface area contributed by atoms with Crippen LogP contribution >= 0.6 is 0 Å². The van der Waals surface area contributed by atoms with Crippen LogP contribution in [0.4, 0.5) is 0 Å². The highest BCUT2D eigenvalue weighted by molar-refractivity contribution is 5.76. The van der Waals surface area contributed by atoms with Gasteiger partial charge in [-0.2, -0.15) is 0 Å². The van der Waals surface area contributed by atoms with Gasteiger partial charge in [0.1, 0.15) is 48.8 Å². The molecule has 0 aromatic heterocycles. The van der Waals surface area contributed by atoms with Crippen molar-refractivity contribution in [3.05, 3.63) is 60.8 Å². The quantitative estimate of drug-likeness (QED) is 0.0204. The minimum absolute atomic E-state index is 0.205. The molecule has 2 fully saturated rings. The summed E-state index contributed by atoms with van der Waals surface area (Å²) in [5, 5.41) is 87.8. The van der Waals surface area contributed by atoms with Gasteiger partial charge in [-0.05, 0) is 57.8 Å². The lowest BCUT2D eigenvalue weighted by atomic mass is 9.97. The maximum absolute atomic E-state index is 13.4. The van der Waals surface area contributed by atoms with Crippen LogP contribution in [0.5, 0.6) is 0 Å². The second kappa shape index (κ2) is 62.2. The van der Waals surface area contributed by atoms with E-state index in [1.807, 2.05) is 0 Å². The summed E-state index contributed by atoms with van der Waals surface area (Å²) >= 11 is 0. The van der Waals surface area contributed by atoms with E-state index in [-0.39, 0.29) is 12.5 Å². The number of hydrogen-bond acceptors (Lipinski definition) is 13. The van der Waals surface area contributed by atoms with Crippen molar-refractivity contribution in [3.8, 4) is 0 Å². The molecule has 2 rings (SSSR count). The van der Waals surface area contributed by atoms with Crippen molar-refractivity contribution in [2.24, 2.45) is 0 Å². The highest BCUT2D eigenvalue weighted by atomic mass is 16.7. The molecule has 2 aliphatic heterocycles. The van der Waals surface area contributed by atoms with Gasteiger partial charge in [-0.1, -0.05) is 331 Å². The minimum atomic E-state index is -1.79. The number of hydrogen-bond donors (Lipinski definition) is 9. The number of aliphatic hydroxyl groups excluding tert-OH is 8. The molecule has 0 saturated carbocycles. The van der Waals surface area contributed by atoms with Gasteiger partial charge in [0, 0.05) is 6.42 Å². The summed E-state index contributed by atoms with van der Waals surface area (Å²) < 4.78 is 23.0. The normalized spacial score (nSPS) is 23.0. The topological polar surface area (TPSA) is 228 Å². The second-order valence-electron chi connectivity index (χ2n) is 27.1. The molecule has 0 aliphatic carbocycles. The van der Waals surface area contributed by atoms with Crippen LogP contribution in [-0.4, -0.2) is 140 Å². The lowest BCUT2D eigenvalue weighted by Crippen LogP contribution is -2.65. The molecule has 2 heterocycles. The first kappa shape index (κ1) is 85.8. The van der Waals surface area contributed by atoms with Gasteiger partial charge < -0.3 is 65.1 Å². The average Bonchev–Trinajstić information content (AvgIpc) is 0.836. The Morgan fingerprint density at radius 2 is 0.750 bits per heavy atom. The number of aliphatic hydroxyl groups is 8. The maximum atomic E-state index is 13.4. The average molecular weight is 1300 g/mol. The van der Waals surface area contributed by atoms with Crippen molar-refractivity contribution in [1.29, 1.82) is 0 Å². The van der Waals surface area contributed by atoms with Crippen LogP contribution in [0.25, 0.3) is 0 Å². The molecule has 12 atom stereocenters. The van der Waals surface area contributed by atoms with Crippen molar-refractivity contribution in [2.75, 3.05) is 19.8 Å². The van der Waals surface area contributed by atoms with Crippen LogP contribution < -0.4 is 5.32 Å². The lowest BCUT2D eigenvalue weighted by Gasteiger charge is -2.46. The number of carbonyl (C=O) groups excluding carboxylic acids is 1. The zero-order chi connectivity index (χ0) is 66.6. The van der Waals surface area contributed by atoms with Gasteiger partial charge in [-0.3, -0.25) is 4.79 Å². The third-order valence-electron chi connectivity index (χ3n) is 18.7. The van der Waals surface area contributed by atoms with Gasteiger partial charge in [0.2, 0.25) is 5.91 Å². The van der Waals surface area contributed by atoms with E-state index in [0.29, 0.717) is 12.8 Å². The number of nitrogens with one attached hydrogen (secondary N) is 1. The molecule has 0 radical (unpaired) electrons. The zero-order valence-corrected chi connectivity index (χ0v) is 58.8. The van der Waals surface area contributed by atoms with Crippen LogP contribution in [-0.2, 0) is 23.7 Å². The highest BCUT2D eigenvalue weighted by Gasteiger charge is 2.51. The predicted molar refractivity (Wildman–Crippen MR) is 378 cm³/mol. The largest absolute Gasteiger partial charge is 0.394 e. The molecule has 0 aromatic rings. The summed E-state index contributed by atoms with van der Waals surface area (Å²) in [6, 6.07) is -0.834. The fourth-order valence-electron chi connectivity index (χ4n) is 12.7. The van der Waals surface area contributed by atoms with E-state index in [1.54, 1.807) is 0 Å². The van der Waals surface area contributed by atoms with Crippen molar-refractivity contribution in [1.82, 2.24) is 5.32 Å². The molecule has 92 heavy (non-hydrogen) atoms. The summed E-state index contributed by atoms with van der Waals surface area (Å²) in [7, 11) is 0. The van der Waals surface area contributed by atoms with Crippen LogP contribution in [0, 0.1) is 0 Å². The van der Waals surface area contributed by atoms with Gasteiger partial charge in [0.25, 0.3) is 0 Å². The monoisotopic (exact) mass is 1300 g/mol. The summed E-state index contributed by atoms with van der Waals surface area (Å²) in [5.74, 6) is -0.205. The van der Waals surface area contributed by atoms with Crippen LogP contribution in [0.3, 0.4) is 0 Å². The van der Waals surface area contributed by atoms with Gasteiger partial charge in [0.15, 0.2) is 12.6 Å². The zero-order valence-electron chi connectivity index (χ0n) is 58.8. The number of amides is 1. The first-order chi connectivity index (χ1) is 45.1. The number of ether oxygens (including phenoxy) is 4. The van der Waals surface area contributed by atoms with Gasteiger partial charge >= 0.3 is 0 Å². The fraction of sp³-hybridized carbons (Fsp3) is 0.859. The summed E-state index contributed by atoms with van der Waals surface area (Å²) in [6.45, 7) is 2.80. The summed E-state index contributed by atoms with van der Waals surface area (Å²) in [4.78, 5) is 13.4. The van der Waals surface area contributed by atoms with Crippen LogP contribution in [0.2, 0.25) is 0 Å². The Morgan fingerprint density at radius 3 is 1.15 bits per heavy atom. The van der Waals surface area contributed by atoms with E-state index in [4.69, 9.17) is 18.9 Å². The molecule has 9 N–H and O–H groups in total. The van der Waals surface area contributed by atoms with E-state index >= 15 is 0 Å². The fourth-order valence-corrected chi connectivity index (χ4v) is 12.7. The molecular formula is C78H143NO13. The maximum Gasteiger partial charge on any atom is 0.220 e. The molecule has 12 unspecified atom stereocenters. The second-order valence-corrected chi connectivity index (χ2v) is 27.1. The molecule has 0 bridgehead atoms. The van der Waals surface area contributed by atoms with Crippen LogP contribution in [0.15, 0.2) is 60.8 Å². The number of carbonyl (C=O) groups is 1. The molecule has 1 amide bonds. The molecule has 2 saturated heterocycles. The van der Waals surface area contributed by atoms with E-state index in [2.05, 4.69) is 79.9 Å².